The average molecular weight is 319 g/mol. The van der Waals surface area contributed by atoms with Gasteiger partial charge in [0.25, 0.3) is 0 Å². The Hall–Kier alpha value is -1.82. The zero-order chi connectivity index (χ0) is 15.9. The van der Waals surface area contributed by atoms with Crippen LogP contribution in [0.5, 0.6) is 5.75 Å². The van der Waals surface area contributed by atoms with Crippen molar-refractivity contribution in [3.63, 3.8) is 0 Å². The fourth-order valence-electron chi connectivity index (χ4n) is 2.60. The van der Waals surface area contributed by atoms with Crippen LogP contribution in [0.4, 0.5) is 5.13 Å². The molecule has 2 heterocycles. The van der Waals surface area contributed by atoms with E-state index in [4.69, 9.17) is 9.72 Å². The number of anilines is 1. The maximum absolute atomic E-state index is 12.0. The van der Waals surface area contributed by atoms with Gasteiger partial charge in [0.2, 0.25) is 5.91 Å². The Morgan fingerprint density at radius 1 is 1.45 bits per heavy atom. The first-order valence-corrected chi connectivity index (χ1v) is 8.30. The van der Waals surface area contributed by atoms with Crippen molar-refractivity contribution in [1.82, 2.24) is 10.3 Å². The van der Waals surface area contributed by atoms with Crippen LogP contribution in [-0.4, -0.2) is 37.1 Å². The van der Waals surface area contributed by atoms with Crippen LogP contribution < -0.4 is 15.0 Å². The Bertz CT molecular complexity index is 705. The van der Waals surface area contributed by atoms with Crippen LogP contribution in [0.3, 0.4) is 0 Å². The molecule has 22 heavy (non-hydrogen) atoms. The Morgan fingerprint density at radius 2 is 2.18 bits per heavy atom. The van der Waals surface area contributed by atoms with E-state index in [2.05, 4.69) is 23.2 Å². The van der Waals surface area contributed by atoms with Gasteiger partial charge in [-0.1, -0.05) is 17.4 Å². The van der Waals surface area contributed by atoms with E-state index in [1.54, 1.807) is 18.4 Å². The highest BCUT2D eigenvalue weighted by Gasteiger charge is 2.34. The lowest BCUT2D eigenvalue weighted by atomic mass is 10.00. The highest BCUT2D eigenvalue weighted by molar-refractivity contribution is 7.22. The third-order valence-electron chi connectivity index (χ3n) is 3.87. The number of aromatic nitrogens is 1. The molecule has 5 nitrogen and oxygen atoms in total. The molecule has 1 aromatic carbocycles. The molecule has 0 saturated carbocycles. The van der Waals surface area contributed by atoms with Crippen LogP contribution in [0, 0.1) is 12.8 Å². The number of fused-ring (bicyclic) bond motifs is 1. The summed E-state index contributed by atoms with van der Waals surface area (Å²) in [5, 5.41) is 3.94. The van der Waals surface area contributed by atoms with E-state index in [9.17, 15) is 4.79 Å². The number of ether oxygens (including phenoxy) is 1. The predicted octanol–water partition coefficient (Wildman–Crippen LogP) is 2.57. The number of hydrogen-bond donors (Lipinski definition) is 1. The molecule has 1 aliphatic heterocycles. The van der Waals surface area contributed by atoms with Gasteiger partial charge in [0.1, 0.15) is 11.3 Å². The summed E-state index contributed by atoms with van der Waals surface area (Å²) in [6.07, 6.45) is 0. The lowest BCUT2D eigenvalue weighted by Gasteiger charge is -2.38. The van der Waals surface area contributed by atoms with Crippen molar-refractivity contribution in [2.24, 2.45) is 5.92 Å². The van der Waals surface area contributed by atoms with Gasteiger partial charge in [-0.25, -0.2) is 4.98 Å². The van der Waals surface area contributed by atoms with E-state index in [1.165, 1.54) is 5.56 Å². The number of benzene rings is 1. The van der Waals surface area contributed by atoms with Crippen molar-refractivity contribution in [2.45, 2.75) is 26.8 Å². The Labute approximate surface area is 134 Å². The Balaban J connectivity index is 1.76. The number of aryl methyl sites for hydroxylation is 1. The molecule has 1 fully saturated rings. The molecular formula is C16H21N3O2S. The number of nitrogens with one attached hydrogen (secondary N) is 1. The minimum atomic E-state index is 0.0670. The molecule has 118 valence electrons. The predicted molar refractivity (Wildman–Crippen MR) is 89.9 cm³/mol. The summed E-state index contributed by atoms with van der Waals surface area (Å²) in [6.45, 7) is 7.52. The molecule has 6 heteroatoms. The van der Waals surface area contributed by atoms with Crippen molar-refractivity contribution in [2.75, 3.05) is 25.1 Å². The van der Waals surface area contributed by atoms with E-state index >= 15 is 0 Å². The molecule has 0 atom stereocenters. The van der Waals surface area contributed by atoms with Crippen LogP contribution >= 0.6 is 11.3 Å². The third kappa shape index (κ3) is 2.63. The number of rotatable bonds is 4. The van der Waals surface area contributed by atoms with Crippen LogP contribution in [0.1, 0.15) is 19.4 Å². The molecule has 0 aliphatic carbocycles. The van der Waals surface area contributed by atoms with E-state index in [-0.39, 0.29) is 17.9 Å². The van der Waals surface area contributed by atoms with Gasteiger partial charge in [0.15, 0.2) is 5.13 Å². The number of amides is 1. The fourth-order valence-corrected chi connectivity index (χ4v) is 3.67. The van der Waals surface area contributed by atoms with Gasteiger partial charge in [0, 0.05) is 19.1 Å². The summed E-state index contributed by atoms with van der Waals surface area (Å²) in [7, 11) is 1.67. The number of nitrogens with zero attached hydrogens (tertiary/aromatic N) is 2. The standard InChI is InChI=1S/C16H21N3O2S/c1-9(2)17-15(20)11-7-19(8-11)16-18-13-12(21-4)6-5-10(3)14(13)22-16/h5-6,9,11H,7-8H2,1-4H3,(H,17,20). The summed E-state index contributed by atoms with van der Waals surface area (Å²) in [4.78, 5) is 18.8. The highest BCUT2D eigenvalue weighted by Crippen LogP contribution is 2.38. The Morgan fingerprint density at radius 3 is 2.82 bits per heavy atom. The van der Waals surface area contributed by atoms with Gasteiger partial charge in [-0.2, -0.15) is 0 Å². The number of carbonyl (C=O) groups excluding carboxylic acids is 1. The summed E-state index contributed by atoms with van der Waals surface area (Å²) >= 11 is 1.67. The minimum absolute atomic E-state index is 0.0670. The summed E-state index contributed by atoms with van der Waals surface area (Å²) in [5.74, 6) is 1.01. The summed E-state index contributed by atoms with van der Waals surface area (Å²) in [5.41, 5.74) is 2.12. The summed E-state index contributed by atoms with van der Waals surface area (Å²) < 4.78 is 6.55. The maximum atomic E-state index is 12.0. The van der Waals surface area contributed by atoms with E-state index in [1.807, 2.05) is 19.9 Å². The molecule has 1 N–H and O–H groups in total. The van der Waals surface area contributed by atoms with Gasteiger partial charge >= 0.3 is 0 Å². The topological polar surface area (TPSA) is 54.5 Å². The van der Waals surface area contributed by atoms with Crippen LogP contribution in [0.25, 0.3) is 10.2 Å². The zero-order valence-corrected chi connectivity index (χ0v) is 14.2. The molecule has 0 unspecified atom stereocenters. The molecular weight excluding hydrogens is 298 g/mol. The molecule has 3 rings (SSSR count). The first-order chi connectivity index (χ1) is 10.5. The second kappa shape index (κ2) is 5.76. The first-order valence-electron chi connectivity index (χ1n) is 7.49. The molecule has 0 spiro atoms. The second-order valence-corrected chi connectivity index (χ2v) is 7.00. The van der Waals surface area contributed by atoms with E-state index in [0.717, 1.165) is 34.2 Å². The number of methoxy groups -OCH3 is 1. The number of carbonyl (C=O) groups is 1. The lowest BCUT2D eigenvalue weighted by Crippen LogP contribution is -2.54. The van der Waals surface area contributed by atoms with E-state index < -0.39 is 0 Å². The fraction of sp³-hybridized carbons (Fsp3) is 0.500. The molecule has 1 aromatic heterocycles. The van der Waals surface area contributed by atoms with Crippen molar-refractivity contribution >= 4 is 32.6 Å². The largest absolute Gasteiger partial charge is 0.494 e. The molecule has 1 saturated heterocycles. The van der Waals surface area contributed by atoms with Gasteiger partial charge < -0.3 is 15.0 Å². The quantitative estimate of drug-likeness (QED) is 0.941. The van der Waals surface area contributed by atoms with Crippen molar-refractivity contribution in [3.05, 3.63) is 17.7 Å². The molecule has 0 bridgehead atoms. The lowest BCUT2D eigenvalue weighted by molar-refractivity contribution is -0.126. The minimum Gasteiger partial charge on any atom is -0.494 e. The van der Waals surface area contributed by atoms with Crippen molar-refractivity contribution in [1.29, 1.82) is 0 Å². The van der Waals surface area contributed by atoms with Gasteiger partial charge in [-0.3, -0.25) is 4.79 Å². The Kier molecular flexibility index (Phi) is 3.95. The monoisotopic (exact) mass is 319 g/mol. The van der Waals surface area contributed by atoms with Crippen molar-refractivity contribution in [3.8, 4) is 5.75 Å². The smallest absolute Gasteiger partial charge is 0.226 e. The molecule has 2 aromatic rings. The molecule has 1 amide bonds. The van der Waals surface area contributed by atoms with Gasteiger partial charge in [-0.15, -0.1) is 0 Å². The van der Waals surface area contributed by atoms with Crippen LogP contribution in [0.2, 0.25) is 0 Å². The van der Waals surface area contributed by atoms with Gasteiger partial charge in [-0.05, 0) is 32.4 Å². The van der Waals surface area contributed by atoms with E-state index in [0.29, 0.717) is 0 Å². The summed E-state index contributed by atoms with van der Waals surface area (Å²) in [6, 6.07) is 4.20. The maximum Gasteiger partial charge on any atom is 0.226 e. The molecule has 0 radical (unpaired) electrons. The van der Waals surface area contributed by atoms with Crippen LogP contribution in [-0.2, 0) is 4.79 Å². The SMILES string of the molecule is COc1ccc(C)c2sc(N3CC(C(=O)NC(C)C)C3)nc12. The van der Waals surface area contributed by atoms with Gasteiger partial charge in [0.05, 0.1) is 17.7 Å². The average Bonchev–Trinajstić information content (AvgIpc) is 2.82. The third-order valence-corrected chi connectivity index (χ3v) is 5.12. The zero-order valence-electron chi connectivity index (χ0n) is 13.3. The molecule has 1 aliphatic rings. The van der Waals surface area contributed by atoms with Crippen molar-refractivity contribution < 1.29 is 9.53 Å². The highest BCUT2D eigenvalue weighted by atomic mass is 32.1. The van der Waals surface area contributed by atoms with Crippen LogP contribution in [0.15, 0.2) is 12.1 Å². The number of hydrogen-bond acceptors (Lipinski definition) is 5. The normalized spacial score (nSPS) is 15.2. The second-order valence-electron chi connectivity index (χ2n) is 6.02. The number of thiazole rings is 1. The first kappa shape index (κ1) is 15.1.